The molecule has 3 aromatic rings. The summed E-state index contributed by atoms with van der Waals surface area (Å²) < 4.78 is 82.3. The Hall–Kier alpha value is -2.41. The van der Waals surface area contributed by atoms with E-state index in [-0.39, 0.29) is 33.8 Å². The molecule has 0 amide bonds. The van der Waals surface area contributed by atoms with Gasteiger partial charge >= 0.3 is 6.18 Å². The normalized spacial score (nSPS) is 20.7. The van der Waals surface area contributed by atoms with Crippen molar-refractivity contribution in [3.63, 3.8) is 0 Å². The average molecular weight is 577 g/mol. The van der Waals surface area contributed by atoms with Crippen LogP contribution in [0, 0.1) is 5.82 Å². The molecule has 3 atom stereocenters. The first-order valence-corrected chi connectivity index (χ1v) is 14.1. The van der Waals surface area contributed by atoms with Gasteiger partial charge in [0.05, 0.1) is 16.3 Å². The molecule has 1 aromatic heterocycles. The zero-order valence-electron chi connectivity index (χ0n) is 19.9. The van der Waals surface area contributed by atoms with Crippen LogP contribution in [0.3, 0.4) is 0 Å². The number of anilines is 2. The van der Waals surface area contributed by atoms with Gasteiger partial charge in [0.1, 0.15) is 10.7 Å². The molecule has 6 nitrogen and oxygen atoms in total. The van der Waals surface area contributed by atoms with Crippen molar-refractivity contribution < 1.29 is 26.0 Å². The Morgan fingerprint density at radius 3 is 2.57 bits per heavy atom. The summed E-state index contributed by atoms with van der Waals surface area (Å²) in [6, 6.07) is 7.10. The fourth-order valence-corrected chi connectivity index (χ4v) is 6.85. The Kier molecular flexibility index (Phi) is 8.03. The van der Waals surface area contributed by atoms with Crippen LogP contribution in [0.4, 0.5) is 28.4 Å². The molecule has 1 aliphatic carbocycles. The van der Waals surface area contributed by atoms with E-state index in [9.17, 15) is 21.6 Å². The largest absolute Gasteiger partial charge is 0.416 e. The van der Waals surface area contributed by atoms with E-state index in [1.54, 1.807) is 11.4 Å². The summed E-state index contributed by atoms with van der Waals surface area (Å²) in [7, 11) is -0.471. The highest BCUT2D eigenvalue weighted by Gasteiger charge is 2.35. The van der Waals surface area contributed by atoms with E-state index in [0.29, 0.717) is 24.8 Å². The third-order valence-electron chi connectivity index (χ3n) is 6.47. The number of hydrogen-bond acceptors (Lipinski definition) is 6. The van der Waals surface area contributed by atoms with Gasteiger partial charge in [-0.1, -0.05) is 29.8 Å². The molecule has 0 bridgehead atoms. The molecule has 1 saturated carbocycles. The van der Waals surface area contributed by atoms with Crippen molar-refractivity contribution in [1.29, 1.82) is 0 Å². The van der Waals surface area contributed by atoms with Crippen LogP contribution in [0.25, 0.3) is 0 Å². The number of halogens is 5. The summed E-state index contributed by atoms with van der Waals surface area (Å²) in [5.74, 6) is -1.15. The lowest BCUT2D eigenvalue weighted by Crippen LogP contribution is -2.47. The molecule has 0 saturated heterocycles. The third kappa shape index (κ3) is 6.36. The highest BCUT2D eigenvalue weighted by molar-refractivity contribution is 7.93. The van der Waals surface area contributed by atoms with Gasteiger partial charge in [0, 0.05) is 23.7 Å². The van der Waals surface area contributed by atoms with Crippen molar-refractivity contribution in [1.82, 2.24) is 9.88 Å². The lowest BCUT2D eigenvalue weighted by molar-refractivity contribution is -0.137. The topological polar surface area (TPSA) is 74.3 Å². The Morgan fingerprint density at radius 2 is 1.92 bits per heavy atom. The van der Waals surface area contributed by atoms with Gasteiger partial charge in [-0.3, -0.25) is 4.72 Å². The van der Waals surface area contributed by atoms with Crippen LogP contribution in [0.5, 0.6) is 0 Å². The number of aromatic nitrogens is 1. The van der Waals surface area contributed by atoms with Gasteiger partial charge in [-0.2, -0.15) is 13.2 Å². The highest BCUT2D eigenvalue weighted by Crippen LogP contribution is 2.39. The number of benzene rings is 2. The van der Waals surface area contributed by atoms with Gasteiger partial charge in [0.15, 0.2) is 5.13 Å². The molecule has 200 valence electrons. The summed E-state index contributed by atoms with van der Waals surface area (Å²) in [5, 5.41) is 4.90. The van der Waals surface area contributed by atoms with Gasteiger partial charge in [0.25, 0.3) is 10.0 Å². The summed E-state index contributed by atoms with van der Waals surface area (Å²) in [5.41, 5.74) is 0.0947. The molecule has 1 aliphatic rings. The minimum absolute atomic E-state index is 0.000359. The summed E-state index contributed by atoms with van der Waals surface area (Å²) in [4.78, 5) is 5.23. The number of alkyl halides is 3. The van der Waals surface area contributed by atoms with Crippen LogP contribution in [-0.2, 0) is 16.2 Å². The van der Waals surface area contributed by atoms with Crippen molar-refractivity contribution in [2.75, 3.05) is 24.1 Å². The summed E-state index contributed by atoms with van der Waals surface area (Å²) in [6.07, 6.45) is -1.17. The van der Waals surface area contributed by atoms with Crippen molar-refractivity contribution in [3.8, 4) is 0 Å². The van der Waals surface area contributed by atoms with E-state index in [1.165, 1.54) is 18.3 Å². The first-order chi connectivity index (χ1) is 17.3. The van der Waals surface area contributed by atoms with Crippen molar-refractivity contribution in [2.45, 2.75) is 48.3 Å². The first-order valence-electron chi connectivity index (χ1n) is 11.4. The van der Waals surface area contributed by atoms with E-state index in [0.717, 1.165) is 29.5 Å². The molecule has 13 heteroatoms. The number of nitrogens with one attached hydrogen (secondary N) is 2. The second-order valence-electron chi connectivity index (χ2n) is 9.12. The summed E-state index contributed by atoms with van der Waals surface area (Å²) in [6.45, 7) is 0. The predicted molar refractivity (Wildman–Crippen MR) is 137 cm³/mol. The maximum atomic E-state index is 15.0. The van der Waals surface area contributed by atoms with Gasteiger partial charge in [0.2, 0.25) is 0 Å². The second-order valence-corrected chi connectivity index (χ2v) is 12.1. The minimum atomic E-state index is -4.43. The van der Waals surface area contributed by atoms with Crippen LogP contribution in [-0.4, -0.2) is 44.5 Å². The molecular weight excluding hydrogens is 552 g/mol. The van der Waals surface area contributed by atoms with Gasteiger partial charge in [-0.05, 0) is 63.0 Å². The Balaban J connectivity index is 1.59. The number of nitrogens with zero attached hydrogens (tertiary/aromatic N) is 2. The molecule has 37 heavy (non-hydrogen) atoms. The lowest BCUT2D eigenvalue weighted by Gasteiger charge is -2.41. The molecule has 0 aliphatic heterocycles. The van der Waals surface area contributed by atoms with Crippen molar-refractivity contribution in [2.24, 2.45) is 0 Å². The van der Waals surface area contributed by atoms with E-state index in [2.05, 4.69) is 15.0 Å². The number of rotatable bonds is 7. The Morgan fingerprint density at radius 1 is 1.16 bits per heavy atom. The number of thiazole rings is 1. The molecular formula is C24H25ClF4N4O2S2. The number of sulfonamides is 1. The predicted octanol–water partition coefficient (Wildman–Crippen LogP) is 6.43. The van der Waals surface area contributed by atoms with Crippen LogP contribution in [0.15, 0.2) is 52.9 Å². The van der Waals surface area contributed by atoms with Crippen LogP contribution in [0.2, 0.25) is 5.02 Å². The number of likely N-dealkylation sites (N-methyl/N-ethyl adjacent to an activating group) is 1. The average Bonchev–Trinajstić information content (AvgIpc) is 3.32. The fourth-order valence-electron chi connectivity index (χ4n) is 4.69. The zero-order valence-corrected chi connectivity index (χ0v) is 22.3. The first kappa shape index (κ1) is 27.6. The molecule has 1 fully saturated rings. The standard InChI is InChI=1S/C24H25ClF4N4O2S2/c1-33(2)21-7-6-15(14-4-3-5-16(10-14)24(27,28)29)11-20(21)31-19-13-18(26)22(12-17(19)25)37(34,35)32-23-30-8-9-36-23/h3-5,8-10,12-13,15,20-21,31H,6-7,11H2,1-2H3,(H,30,32)/t15-,20-,21-/m0/s1. The van der Waals surface area contributed by atoms with E-state index >= 15 is 4.39 Å². The zero-order chi connectivity index (χ0) is 27.0. The maximum Gasteiger partial charge on any atom is 0.416 e. The third-order valence-corrected chi connectivity index (χ3v) is 8.95. The molecule has 1 heterocycles. The fraction of sp³-hybridized carbons (Fsp3) is 0.375. The van der Waals surface area contributed by atoms with Crippen LogP contribution in [0.1, 0.15) is 36.3 Å². The Bertz CT molecular complexity index is 1350. The quantitative estimate of drug-likeness (QED) is 0.317. The molecule has 4 rings (SSSR count). The van der Waals surface area contributed by atoms with Gasteiger partial charge < -0.3 is 10.2 Å². The SMILES string of the molecule is CN(C)[C@H]1CC[C@H](c2cccc(C(F)(F)F)c2)C[C@@H]1Nc1cc(F)c(S(=O)(=O)Nc2nccs2)cc1Cl. The van der Waals surface area contributed by atoms with Gasteiger partial charge in [-0.15, -0.1) is 11.3 Å². The van der Waals surface area contributed by atoms with Crippen molar-refractivity contribution >= 4 is 43.8 Å². The van der Waals surface area contributed by atoms with E-state index < -0.39 is 32.5 Å². The van der Waals surface area contributed by atoms with Crippen molar-refractivity contribution in [3.05, 3.63) is 69.9 Å². The van der Waals surface area contributed by atoms with Crippen LogP contribution < -0.4 is 10.0 Å². The second kappa shape index (κ2) is 10.8. The molecule has 2 N–H and O–H groups in total. The minimum Gasteiger partial charge on any atom is -0.379 e. The van der Waals surface area contributed by atoms with Gasteiger partial charge in [-0.25, -0.2) is 17.8 Å². The molecule has 0 spiro atoms. The highest BCUT2D eigenvalue weighted by atomic mass is 35.5. The van der Waals surface area contributed by atoms with E-state index in [4.69, 9.17) is 11.6 Å². The van der Waals surface area contributed by atoms with Crippen LogP contribution >= 0.6 is 22.9 Å². The monoisotopic (exact) mass is 576 g/mol. The summed E-state index contributed by atoms with van der Waals surface area (Å²) >= 11 is 7.44. The lowest BCUT2D eigenvalue weighted by atomic mass is 9.78. The maximum absolute atomic E-state index is 15.0. The molecule has 0 radical (unpaired) electrons. The number of hydrogen-bond donors (Lipinski definition) is 2. The Labute approximate surface area is 221 Å². The molecule has 2 aromatic carbocycles. The molecule has 0 unspecified atom stereocenters. The smallest absolute Gasteiger partial charge is 0.379 e. The van der Waals surface area contributed by atoms with E-state index in [1.807, 2.05) is 19.0 Å².